The van der Waals surface area contributed by atoms with Crippen LogP contribution in [-0.4, -0.2) is 98.6 Å². The molecule has 12 nitrogen and oxygen atoms in total. The second-order valence-electron chi connectivity index (χ2n) is 13.1. The van der Waals surface area contributed by atoms with Crippen molar-refractivity contribution in [1.29, 1.82) is 0 Å². The Morgan fingerprint density at radius 3 is 2.63 bits per heavy atom. The van der Waals surface area contributed by atoms with Gasteiger partial charge >= 0.3 is 11.9 Å². The summed E-state index contributed by atoms with van der Waals surface area (Å²) in [5.74, 6) is -2.74. The third-order valence-electron chi connectivity index (χ3n) is 10.0. The van der Waals surface area contributed by atoms with Crippen molar-refractivity contribution in [2.45, 2.75) is 101 Å². The number of nitrogens with one attached hydrogen (secondary N) is 1. The van der Waals surface area contributed by atoms with E-state index in [1.54, 1.807) is 19.1 Å². The summed E-state index contributed by atoms with van der Waals surface area (Å²) in [6.45, 7) is 5.10. The van der Waals surface area contributed by atoms with Gasteiger partial charge in [0.25, 0.3) is 0 Å². The molecule has 1 saturated heterocycles. The lowest BCUT2D eigenvalue weighted by molar-refractivity contribution is -0.367. The first-order chi connectivity index (χ1) is 21.9. The second-order valence-corrected chi connectivity index (χ2v) is 13.1. The van der Waals surface area contributed by atoms with Crippen molar-refractivity contribution in [1.82, 2.24) is 4.98 Å². The lowest BCUT2D eigenvalue weighted by atomic mass is 9.70. The zero-order valence-electron chi connectivity index (χ0n) is 26.8. The van der Waals surface area contributed by atoms with Crippen molar-refractivity contribution in [3.05, 3.63) is 46.1 Å². The molecule has 1 aromatic rings. The number of esters is 1. The monoisotopic (exact) mass is 645 g/mol. The summed E-state index contributed by atoms with van der Waals surface area (Å²) in [7, 11) is 1.25. The lowest BCUT2D eigenvalue weighted by Crippen LogP contribution is -2.74. The van der Waals surface area contributed by atoms with E-state index in [1.807, 2.05) is 32.1 Å². The Labute approximate surface area is 268 Å². The molecule has 9 atom stereocenters. The zero-order chi connectivity index (χ0) is 33.4. The van der Waals surface area contributed by atoms with Crippen molar-refractivity contribution in [2.24, 2.45) is 17.8 Å². The van der Waals surface area contributed by atoms with Gasteiger partial charge in [0.2, 0.25) is 0 Å². The number of carbonyl (C=O) groups excluding carboxylic acids is 1. The molecule has 46 heavy (non-hydrogen) atoms. The van der Waals surface area contributed by atoms with E-state index in [9.17, 15) is 35.1 Å². The number of fused-ring (bicyclic) bond motifs is 3. The summed E-state index contributed by atoms with van der Waals surface area (Å²) in [6, 6.07) is 1.95. The number of hydrogen-bond donors (Lipinski definition) is 6. The number of ether oxygens (including phenoxy) is 4. The second kappa shape index (κ2) is 13.6. The van der Waals surface area contributed by atoms with Crippen LogP contribution >= 0.6 is 0 Å². The Morgan fingerprint density at radius 1 is 1.24 bits per heavy atom. The van der Waals surface area contributed by atoms with E-state index in [1.165, 1.54) is 7.11 Å². The molecule has 1 fully saturated rings. The van der Waals surface area contributed by atoms with Gasteiger partial charge in [0.05, 0.1) is 31.6 Å². The molecular weight excluding hydrogens is 598 g/mol. The van der Waals surface area contributed by atoms with Crippen LogP contribution in [0.1, 0.15) is 70.9 Å². The lowest BCUT2D eigenvalue weighted by Gasteiger charge is -2.56. The molecule has 5 rings (SSSR count). The van der Waals surface area contributed by atoms with E-state index in [-0.39, 0.29) is 36.9 Å². The Bertz CT molecular complexity index is 1480. The van der Waals surface area contributed by atoms with Crippen LogP contribution < -0.4 is 10.6 Å². The third-order valence-corrected chi connectivity index (χ3v) is 10.0. The number of hydrogen-bond acceptors (Lipinski definition) is 10. The number of carbonyl (C=O) groups is 2. The van der Waals surface area contributed by atoms with Gasteiger partial charge in [-0.1, -0.05) is 39.0 Å². The first-order valence-electron chi connectivity index (χ1n) is 16.2. The Balaban J connectivity index is 1.55. The fraction of sp³-hybridized carbons (Fsp3) is 0.647. The minimum absolute atomic E-state index is 0.0150. The van der Waals surface area contributed by atoms with Crippen LogP contribution in [0.3, 0.4) is 0 Å². The van der Waals surface area contributed by atoms with Crippen molar-refractivity contribution in [3.63, 3.8) is 0 Å². The molecule has 9 unspecified atom stereocenters. The van der Waals surface area contributed by atoms with Crippen molar-refractivity contribution in [3.8, 4) is 0 Å². The Hall–Kier alpha value is -3.00. The molecule has 4 aliphatic rings. The molecular formula is C34H47NO11. The molecule has 0 saturated carbocycles. The first kappa shape index (κ1) is 34.3. The molecule has 0 amide bonds. The number of methoxy groups -OCH3 is 1. The summed E-state index contributed by atoms with van der Waals surface area (Å²) in [4.78, 5) is 28.1. The van der Waals surface area contributed by atoms with Gasteiger partial charge in [-0.05, 0) is 43.7 Å². The van der Waals surface area contributed by atoms with Gasteiger partial charge in [-0.25, -0.2) is 4.79 Å². The summed E-state index contributed by atoms with van der Waals surface area (Å²) in [5, 5.41) is 55.9. The molecule has 2 bridgehead atoms. The molecule has 1 spiro atoms. The van der Waals surface area contributed by atoms with Gasteiger partial charge in [0, 0.05) is 47.3 Å². The number of carboxylic acid groups (broad SMARTS) is 1. The fourth-order valence-electron chi connectivity index (χ4n) is 7.47. The Morgan fingerprint density at radius 2 is 2.00 bits per heavy atom. The molecule has 2 aliphatic carbocycles. The van der Waals surface area contributed by atoms with E-state index in [0.29, 0.717) is 36.8 Å². The topological polar surface area (TPSA) is 188 Å². The maximum atomic E-state index is 12.8. The van der Waals surface area contributed by atoms with Crippen LogP contribution in [-0.2, 0) is 28.5 Å². The SMILES string of the molecule is CCC1(O)C(OC2C3C=C(C(=O)OC)C(CC(=O)O)C2C=CCC3)OC(CO)C2(C=c3cc(C(C)C)[nH]c3=C(CCCO)O2)C1O. The smallest absolute Gasteiger partial charge is 0.333 e. The van der Waals surface area contributed by atoms with E-state index in [4.69, 9.17) is 18.9 Å². The summed E-state index contributed by atoms with van der Waals surface area (Å²) in [6.07, 6.45) is 3.84. The fourth-order valence-corrected chi connectivity index (χ4v) is 7.47. The molecule has 0 aromatic carbocycles. The van der Waals surface area contributed by atoms with Gasteiger partial charge in [-0.15, -0.1) is 0 Å². The first-order valence-corrected chi connectivity index (χ1v) is 16.2. The van der Waals surface area contributed by atoms with Crippen LogP contribution in [0, 0.1) is 17.8 Å². The number of aliphatic hydroxyl groups excluding tert-OH is 3. The number of aliphatic hydroxyl groups is 4. The number of rotatable bonds is 11. The molecule has 12 heteroatoms. The maximum absolute atomic E-state index is 12.8. The number of aliphatic carboxylic acids is 1. The van der Waals surface area contributed by atoms with Crippen LogP contribution in [0.2, 0.25) is 0 Å². The molecule has 1 aromatic heterocycles. The highest BCUT2D eigenvalue weighted by atomic mass is 16.7. The highest BCUT2D eigenvalue weighted by Crippen LogP contribution is 2.48. The minimum Gasteiger partial charge on any atom is -0.481 e. The van der Waals surface area contributed by atoms with Gasteiger partial charge in [0.1, 0.15) is 23.6 Å². The number of aromatic nitrogens is 1. The molecule has 2 aliphatic heterocycles. The van der Waals surface area contributed by atoms with E-state index < -0.39 is 66.2 Å². The Kier molecular flexibility index (Phi) is 10.2. The number of H-pyrrole nitrogens is 1. The highest BCUT2D eigenvalue weighted by molar-refractivity contribution is 5.90. The maximum Gasteiger partial charge on any atom is 0.333 e. The summed E-state index contributed by atoms with van der Waals surface area (Å²) >= 11 is 0. The normalized spacial score (nSPS) is 35.2. The summed E-state index contributed by atoms with van der Waals surface area (Å²) in [5.41, 5.74) is -2.52. The van der Waals surface area contributed by atoms with Crippen LogP contribution in [0.5, 0.6) is 0 Å². The molecule has 6 N–H and O–H groups in total. The van der Waals surface area contributed by atoms with Crippen molar-refractivity contribution >= 4 is 23.8 Å². The number of carboxylic acids is 1. The number of aromatic amines is 1. The zero-order valence-corrected chi connectivity index (χ0v) is 26.8. The minimum atomic E-state index is -2.03. The van der Waals surface area contributed by atoms with E-state index in [2.05, 4.69) is 4.98 Å². The van der Waals surface area contributed by atoms with Gasteiger partial charge in [-0.2, -0.15) is 0 Å². The average Bonchev–Trinajstić information content (AvgIpc) is 3.41. The molecule has 0 radical (unpaired) electrons. The van der Waals surface area contributed by atoms with Crippen LogP contribution in [0.15, 0.2) is 29.9 Å². The van der Waals surface area contributed by atoms with Crippen LogP contribution in [0.25, 0.3) is 11.8 Å². The highest BCUT2D eigenvalue weighted by Gasteiger charge is 2.65. The van der Waals surface area contributed by atoms with Crippen molar-refractivity contribution < 1.29 is 54.1 Å². The van der Waals surface area contributed by atoms with Gasteiger partial charge in [0.15, 0.2) is 11.9 Å². The predicted octanol–water partition coefficient (Wildman–Crippen LogP) is 0.959. The molecule has 3 heterocycles. The summed E-state index contributed by atoms with van der Waals surface area (Å²) < 4.78 is 24.5. The quantitative estimate of drug-likeness (QED) is 0.149. The number of allylic oxidation sites excluding steroid dienone is 1. The standard InChI is InChI=1S/C34H47NO11/c1-5-33(42)31(41)34(16-20-14-24(18(2)3)35-28(20)25(46-34)11-8-12-36)26(17-37)44-32(33)45-29-19-9-6-7-10-21(29)22(15-27(38)39)23(13-19)30(40)43-4/h7,10,13-14,16,18-19,21-22,26,29,31-32,35-37,41-42H,5-6,8-9,11-12,15,17H2,1-4H3,(H,38,39). The van der Waals surface area contributed by atoms with Crippen molar-refractivity contribution in [2.75, 3.05) is 20.3 Å². The van der Waals surface area contributed by atoms with Gasteiger partial charge in [-0.3, -0.25) is 4.79 Å². The largest absolute Gasteiger partial charge is 0.481 e. The predicted molar refractivity (Wildman–Crippen MR) is 165 cm³/mol. The average molecular weight is 646 g/mol. The van der Waals surface area contributed by atoms with Crippen LogP contribution in [0.4, 0.5) is 0 Å². The molecule has 254 valence electrons. The van der Waals surface area contributed by atoms with E-state index >= 15 is 0 Å². The van der Waals surface area contributed by atoms with Gasteiger partial charge < -0.3 is 49.5 Å². The van der Waals surface area contributed by atoms with E-state index in [0.717, 1.165) is 10.9 Å². The third kappa shape index (κ3) is 5.95.